The van der Waals surface area contributed by atoms with Crippen molar-refractivity contribution < 1.29 is 9.15 Å². The Labute approximate surface area is 119 Å². The van der Waals surface area contributed by atoms with Crippen LogP contribution in [-0.4, -0.2) is 47.3 Å². The highest BCUT2D eigenvalue weighted by Gasteiger charge is 2.13. The maximum atomic E-state index is 5.79. The number of rotatable bonds is 5. The number of hydrogen-bond acceptors (Lipinski definition) is 4. The van der Waals surface area contributed by atoms with Gasteiger partial charge in [0, 0.05) is 45.0 Å². The maximum absolute atomic E-state index is 5.79. The minimum absolute atomic E-state index is 0.842. The van der Waals surface area contributed by atoms with Crippen molar-refractivity contribution in [2.24, 2.45) is 0 Å². The third kappa shape index (κ3) is 2.94. The summed E-state index contributed by atoms with van der Waals surface area (Å²) in [6.45, 7) is 7.76. The van der Waals surface area contributed by atoms with Crippen LogP contribution in [0.5, 0.6) is 0 Å². The van der Waals surface area contributed by atoms with Crippen molar-refractivity contribution in [3.8, 4) is 11.6 Å². The number of aromatic nitrogens is 2. The van der Waals surface area contributed by atoms with Crippen LogP contribution in [0.2, 0.25) is 0 Å². The molecular weight excluding hydrogens is 254 g/mol. The zero-order valence-corrected chi connectivity index (χ0v) is 11.9. The van der Waals surface area contributed by atoms with Gasteiger partial charge in [-0.15, -0.1) is 0 Å². The molecule has 1 saturated heterocycles. The zero-order valence-electron chi connectivity index (χ0n) is 11.9. The van der Waals surface area contributed by atoms with Crippen molar-refractivity contribution in [2.45, 2.75) is 19.9 Å². The van der Waals surface area contributed by atoms with Gasteiger partial charge in [0.05, 0.1) is 13.2 Å². The van der Waals surface area contributed by atoms with Crippen LogP contribution >= 0.6 is 0 Å². The van der Waals surface area contributed by atoms with Crippen molar-refractivity contribution in [3.05, 3.63) is 30.3 Å². The molecule has 3 heterocycles. The van der Waals surface area contributed by atoms with E-state index >= 15 is 0 Å². The van der Waals surface area contributed by atoms with Gasteiger partial charge in [0.15, 0.2) is 11.6 Å². The van der Waals surface area contributed by atoms with E-state index in [1.807, 2.05) is 24.5 Å². The standard InChI is InChI=1S/C15H21N3O2/c1-2-13-3-4-14(20-13)15-16-5-6-18(15)8-7-17-9-11-19-12-10-17/h3-6H,2,7-12H2,1H3. The van der Waals surface area contributed by atoms with Crippen molar-refractivity contribution in [1.82, 2.24) is 14.5 Å². The third-order valence-electron chi connectivity index (χ3n) is 3.71. The van der Waals surface area contributed by atoms with Gasteiger partial charge < -0.3 is 13.7 Å². The summed E-state index contributed by atoms with van der Waals surface area (Å²) < 4.78 is 13.3. The van der Waals surface area contributed by atoms with Gasteiger partial charge >= 0.3 is 0 Å². The molecule has 108 valence electrons. The first kappa shape index (κ1) is 13.4. The second kappa shape index (κ2) is 6.24. The molecule has 0 atom stereocenters. The summed E-state index contributed by atoms with van der Waals surface area (Å²) in [7, 11) is 0. The summed E-state index contributed by atoms with van der Waals surface area (Å²) in [5, 5.41) is 0. The number of imidazole rings is 1. The van der Waals surface area contributed by atoms with E-state index in [1.165, 1.54) is 0 Å². The Morgan fingerprint density at radius 2 is 2.05 bits per heavy atom. The molecule has 0 aliphatic carbocycles. The lowest BCUT2D eigenvalue weighted by Gasteiger charge is -2.26. The van der Waals surface area contributed by atoms with Gasteiger partial charge in [-0.05, 0) is 12.1 Å². The highest BCUT2D eigenvalue weighted by Crippen LogP contribution is 2.21. The van der Waals surface area contributed by atoms with Gasteiger partial charge in [0.25, 0.3) is 0 Å². The fourth-order valence-corrected chi connectivity index (χ4v) is 2.48. The van der Waals surface area contributed by atoms with Crippen LogP contribution in [0.15, 0.2) is 28.9 Å². The lowest BCUT2D eigenvalue weighted by atomic mass is 10.3. The zero-order chi connectivity index (χ0) is 13.8. The number of furan rings is 1. The lowest BCUT2D eigenvalue weighted by molar-refractivity contribution is 0.0364. The van der Waals surface area contributed by atoms with E-state index in [0.717, 1.165) is 63.2 Å². The SMILES string of the molecule is CCc1ccc(-c2nccn2CCN2CCOCC2)o1. The Balaban J connectivity index is 1.66. The molecule has 1 aliphatic rings. The number of hydrogen-bond donors (Lipinski definition) is 0. The van der Waals surface area contributed by atoms with Gasteiger partial charge in [-0.3, -0.25) is 4.90 Å². The van der Waals surface area contributed by atoms with Crippen LogP contribution in [0.3, 0.4) is 0 Å². The molecule has 0 amide bonds. The van der Waals surface area contributed by atoms with E-state index in [9.17, 15) is 0 Å². The topological polar surface area (TPSA) is 43.4 Å². The number of nitrogens with zero attached hydrogens (tertiary/aromatic N) is 3. The molecule has 0 spiro atoms. The Kier molecular flexibility index (Phi) is 4.18. The lowest BCUT2D eigenvalue weighted by Crippen LogP contribution is -2.38. The van der Waals surface area contributed by atoms with Crippen molar-refractivity contribution in [2.75, 3.05) is 32.8 Å². The summed E-state index contributed by atoms with van der Waals surface area (Å²) in [4.78, 5) is 6.85. The van der Waals surface area contributed by atoms with Gasteiger partial charge in [-0.2, -0.15) is 0 Å². The molecule has 0 N–H and O–H groups in total. The highest BCUT2D eigenvalue weighted by molar-refractivity contribution is 5.47. The largest absolute Gasteiger partial charge is 0.458 e. The smallest absolute Gasteiger partial charge is 0.176 e. The minimum atomic E-state index is 0.842. The molecule has 0 unspecified atom stereocenters. The summed E-state index contributed by atoms with van der Waals surface area (Å²) in [5.74, 6) is 2.77. The molecule has 0 radical (unpaired) electrons. The van der Waals surface area contributed by atoms with Crippen LogP contribution in [0.1, 0.15) is 12.7 Å². The van der Waals surface area contributed by atoms with E-state index in [2.05, 4.69) is 21.4 Å². The molecule has 0 aromatic carbocycles. The number of ether oxygens (including phenoxy) is 1. The van der Waals surface area contributed by atoms with Crippen LogP contribution in [0, 0.1) is 0 Å². The summed E-state index contributed by atoms with van der Waals surface area (Å²) in [6.07, 6.45) is 4.77. The molecule has 5 nitrogen and oxygen atoms in total. The molecule has 2 aromatic rings. The van der Waals surface area contributed by atoms with Gasteiger partial charge in [0.2, 0.25) is 0 Å². The maximum Gasteiger partial charge on any atom is 0.176 e. The quantitative estimate of drug-likeness (QED) is 0.837. The summed E-state index contributed by atoms with van der Waals surface area (Å²) in [6, 6.07) is 4.03. The first-order chi connectivity index (χ1) is 9.86. The second-order valence-corrected chi connectivity index (χ2v) is 5.02. The van der Waals surface area contributed by atoms with E-state index in [0.29, 0.717) is 0 Å². The molecule has 3 rings (SSSR count). The predicted octanol–water partition coefficient (Wildman–Crippen LogP) is 2.04. The molecule has 20 heavy (non-hydrogen) atoms. The van der Waals surface area contributed by atoms with E-state index in [-0.39, 0.29) is 0 Å². The Bertz CT molecular complexity index is 541. The molecule has 0 bridgehead atoms. The number of morpholine rings is 1. The van der Waals surface area contributed by atoms with Gasteiger partial charge in [-0.1, -0.05) is 6.92 Å². The van der Waals surface area contributed by atoms with Crippen molar-refractivity contribution >= 4 is 0 Å². The van der Waals surface area contributed by atoms with Crippen LogP contribution in [-0.2, 0) is 17.7 Å². The first-order valence-corrected chi connectivity index (χ1v) is 7.27. The van der Waals surface area contributed by atoms with Gasteiger partial charge in [-0.25, -0.2) is 4.98 Å². The third-order valence-corrected chi connectivity index (χ3v) is 3.71. The molecular formula is C15H21N3O2. The second-order valence-electron chi connectivity index (χ2n) is 5.02. The summed E-state index contributed by atoms with van der Waals surface area (Å²) >= 11 is 0. The number of aryl methyl sites for hydroxylation is 1. The Morgan fingerprint density at radius 1 is 1.20 bits per heavy atom. The van der Waals surface area contributed by atoms with E-state index in [1.54, 1.807) is 0 Å². The molecule has 0 saturated carbocycles. The average Bonchev–Trinajstić information content (AvgIpc) is 3.14. The summed E-state index contributed by atoms with van der Waals surface area (Å²) in [5.41, 5.74) is 0. The Morgan fingerprint density at radius 3 is 2.80 bits per heavy atom. The van der Waals surface area contributed by atoms with Gasteiger partial charge in [0.1, 0.15) is 5.76 Å². The normalized spacial score (nSPS) is 16.6. The molecule has 2 aromatic heterocycles. The van der Waals surface area contributed by atoms with E-state index in [4.69, 9.17) is 9.15 Å². The fraction of sp³-hybridized carbons (Fsp3) is 0.533. The fourth-order valence-electron chi connectivity index (χ4n) is 2.48. The predicted molar refractivity (Wildman–Crippen MR) is 76.6 cm³/mol. The van der Waals surface area contributed by atoms with E-state index < -0.39 is 0 Å². The molecule has 5 heteroatoms. The average molecular weight is 275 g/mol. The monoisotopic (exact) mass is 275 g/mol. The van der Waals surface area contributed by atoms with Crippen LogP contribution in [0.4, 0.5) is 0 Å². The molecule has 1 fully saturated rings. The first-order valence-electron chi connectivity index (χ1n) is 7.27. The van der Waals surface area contributed by atoms with Crippen molar-refractivity contribution in [1.29, 1.82) is 0 Å². The Hall–Kier alpha value is -1.59. The van der Waals surface area contributed by atoms with Crippen molar-refractivity contribution in [3.63, 3.8) is 0 Å². The van der Waals surface area contributed by atoms with Crippen LogP contribution < -0.4 is 0 Å². The minimum Gasteiger partial charge on any atom is -0.458 e. The van der Waals surface area contributed by atoms with Crippen LogP contribution in [0.25, 0.3) is 11.6 Å². The highest BCUT2D eigenvalue weighted by atomic mass is 16.5. The molecule has 1 aliphatic heterocycles.